The lowest BCUT2D eigenvalue weighted by atomic mass is 9.62. The largest absolute Gasteiger partial charge is 0.414 e. The molecule has 1 aliphatic heterocycles. The molecule has 152 valence electrons. The van der Waals surface area contributed by atoms with Gasteiger partial charge in [0.2, 0.25) is 0 Å². The minimum Gasteiger partial charge on any atom is -0.414 e. The Morgan fingerprint density at radius 3 is 2.52 bits per heavy atom. The summed E-state index contributed by atoms with van der Waals surface area (Å²) in [5.41, 5.74) is 3.40. The summed E-state index contributed by atoms with van der Waals surface area (Å²) in [4.78, 5) is 0. The zero-order chi connectivity index (χ0) is 19.7. The SMILES string of the molecule is CC(C)(C)[Si](C)(C)OC[C@@H](O)CC1CCC2(CCNCC2)c2ccccc21. The molecule has 3 rings (SSSR count). The molecule has 1 fully saturated rings. The second-order valence-corrected chi connectivity index (χ2v) is 15.1. The molecule has 1 heterocycles. The Bertz CT molecular complexity index is 632. The number of fused-ring (bicyclic) bond motifs is 2. The maximum absolute atomic E-state index is 10.7. The maximum atomic E-state index is 10.7. The van der Waals surface area contributed by atoms with Crippen LogP contribution < -0.4 is 5.32 Å². The standard InChI is InChI=1S/C23H39NO2Si/c1-22(2,3)27(4,5)26-17-19(25)16-18-10-11-23(12-14-24-15-13-23)21-9-7-6-8-20(18)21/h6-9,18-19,24-25H,10-17H2,1-5H3/t18?,19-/m0/s1. The Kier molecular flexibility index (Phi) is 6.22. The van der Waals surface area contributed by atoms with Gasteiger partial charge in [0.1, 0.15) is 0 Å². The third kappa shape index (κ3) is 4.50. The van der Waals surface area contributed by atoms with Gasteiger partial charge in [-0.15, -0.1) is 0 Å². The first kappa shape index (κ1) is 21.0. The first-order valence-electron chi connectivity index (χ1n) is 10.8. The average molecular weight is 390 g/mol. The molecule has 1 aliphatic carbocycles. The third-order valence-corrected chi connectivity index (χ3v) is 12.0. The van der Waals surface area contributed by atoms with Crippen LogP contribution in [0.15, 0.2) is 24.3 Å². The second-order valence-electron chi connectivity index (χ2n) is 10.3. The first-order chi connectivity index (χ1) is 12.6. The highest BCUT2D eigenvalue weighted by atomic mass is 28.4. The Morgan fingerprint density at radius 1 is 1.19 bits per heavy atom. The minimum absolute atomic E-state index is 0.186. The molecule has 1 spiro atoms. The van der Waals surface area contributed by atoms with Crippen molar-refractivity contribution in [3.8, 4) is 0 Å². The van der Waals surface area contributed by atoms with E-state index >= 15 is 0 Å². The first-order valence-corrected chi connectivity index (χ1v) is 13.7. The van der Waals surface area contributed by atoms with E-state index in [0.29, 0.717) is 17.9 Å². The van der Waals surface area contributed by atoms with Gasteiger partial charge in [0.15, 0.2) is 8.32 Å². The van der Waals surface area contributed by atoms with Gasteiger partial charge >= 0.3 is 0 Å². The topological polar surface area (TPSA) is 41.5 Å². The van der Waals surface area contributed by atoms with Gasteiger partial charge in [0.05, 0.1) is 12.7 Å². The minimum atomic E-state index is -1.80. The van der Waals surface area contributed by atoms with E-state index in [1.807, 2.05) is 0 Å². The van der Waals surface area contributed by atoms with E-state index in [4.69, 9.17) is 4.43 Å². The van der Waals surface area contributed by atoms with Gasteiger partial charge in [0, 0.05) is 0 Å². The summed E-state index contributed by atoms with van der Waals surface area (Å²) in [7, 11) is -1.80. The summed E-state index contributed by atoms with van der Waals surface area (Å²) in [5.74, 6) is 0.458. The van der Waals surface area contributed by atoms with E-state index in [9.17, 15) is 5.11 Å². The molecule has 1 aromatic rings. The molecule has 1 unspecified atom stereocenters. The number of hydrogen-bond donors (Lipinski definition) is 2. The van der Waals surface area contributed by atoms with Gasteiger partial charge in [-0.2, -0.15) is 0 Å². The number of nitrogens with one attached hydrogen (secondary N) is 1. The smallest absolute Gasteiger partial charge is 0.192 e. The van der Waals surface area contributed by atoms with Crippen LogP contribution in [0.4, 0.5) is 0 Å². The molecular weight excluding hydrogens is 350 g/mol. The van der Waals surface area contributed by atoms with Crippen molar-refractivity contribution in [3.05, 3.63) is 35.4 Å². The molecule has 2 aliphatic rings. The molecule has 2 N–H and O–H groups in total. The predicted molar refractivity (Wildman–Crippen MR) is 116 cm³/mol. The lowest BCUT2D eigenvalue weighted by molar-refractivity contribution is 0.0826. The lowest BCUT2D eigenvalue weighted by Crippen LogP contribution is -2.44. The van der Waals surface area contributed by atoms with Crippen LogP contribution in [0.3, 0.4) is 0 Å². The summed E-state index contributed by atoms with van der Waals surface area (Å²) in [6, 6.07) is 9.03. The highest BCUT2D eigenvalue weighted by Gasteiger charge is 2.41. The number of aliphatic hydroxyl groups is 1. The van der Waals surface area contributed by atoms with E-state index in [1.54, 1.807) is 5.56 Å². The number of aliphatic hydroxyl groups excluding tert-OH is 1. The summed E-state index contributed by atoms with van der Waals surface area (Å²) in [5, 5.41) is 14.5. The normalized spacial score (nSPS) is 23.9. The second kappa shape index (κ2) is 7.98. The third-order valence-electron chi connectivity index (χ3n) is 7.50. The highest BCUT2D eigenvalue weighted by molar-refractivity contribution is 6.74. The van der Waals surface area contributed by atoms with Crippen LogP contribution >= 0.6 is 0 Å². The molecule has 0 amide bonds. The number of rotatable bonds is 5. The maximum Gasteiger partial charge on any atom is 0.192 e. The van der Waals surface area contributed by atoms with Crippen LogP contribution in [0.25, 0.3) is 0 Å². The Balaban J connectivity index is 1.68. The molecule has 0 saturated carbocycles. The van der Waals surface area contributed by atoms with Gasteiger partial charge in [-0.3, -0.25) is 0 Å². The van der Waals surface area contributed by atoms with Gasteiger partial charge in [-0.1, -0.05) is 45.0 Å². The fourth-order valence-corrected chi connectivity index (χ4v) is 5.71. The van der Waals surface area contributed by atoms with E-state index < -0.39 is 8.32 Å². The molecule has 4 heteroatoms. The van der Waals surface area contributed by atoms with Crippen molar-refractivity contribution in [2.45, 2.75) is 88.4 Å². The molecule has 0 aromatic heterocycles. The Labute approximate surface area is 167 Å². The fraction of sp³-hybridized carbons (Fsp3) is 0.739. The van der Waals surface area contributed by atoms with Crippen LogP contribution in [-0.4, -0.2) is 39.2 Å². The van der Waals surface area contributed by atoms with Crippen molar-refractivity contribution in [1.82, 2.24) is 5.32 Å². The van der Waals surface area contributed by atoms with Crippen molar-refractivity contribution < 1.29 is 9.53 Å². The van der Waals surface area contributed by atoms with Crippen molar-refractivity contribution in [2.24, 2.45) is 0 Å². The summed E-state index contributed by atoms with van der Waals surface area (Å²) in [6.45, 7) is 14.0. The number of benzene rings is 1. The Hall–Kier alpha value is -0.683. The van der Waals surface area contributed by atoms with E-state index in [2.05, 4.69) is 63.4 Å². The predicted octanol–water partition coefficient (Wildman–Crippen LogP) is 4.96. The summed E-state index contributed by atoms with van der Waals surface area (Å²) >= 11 is 0. The Morgan fingerprint density at radius 2 is 1.85 bits per heavy atom. The summed E-state index contributed by atoms with van der Waals surface area (Å²) in [6.07, 6.45) is 5.38. The van der Waals surface area contributed by atoms with Gasteiger partial charge in [-0.25, -0.2) is 0 Å². The molecule has 0 radical (unpaired) electrons. The molecule has 3 nitrogen and oxygen atoms in total. The zero-order valence-electron chi connectivity index (χ0n) is 18.0. The lowest BCUT2D eigenvalue weighted by Gasteiger charge is -2.45. The fourth-order valence-electron chi connectivity index (χ4n) is 4.66. The van der Waals surface area contributed by atoms with Crippen LogP contribution in [-0.2, 0) is 9.84 Å². The number of piperidine rings is 1. The van der Waals surface area contributed by atoms with Gasteiger partial charge < -0.3 is 14.8 Å². The van der Waals surface area contributed by atoms with Crippen LogP contribution in [0.5, 0.6) is 0 Å². The quantitative estimate of drug-likeness (QED) is 0.700. The number of hydrogen-bond acceptors (Lipinski definition) is 3. The molecule has 2 atom stereocenters. The van der Waals surface area contributed by atoms with Gasteiger partial charge in [0.25, 0.3) is 0 Å². The van der Waals surface area contributed by atoms with Crippen molar-refractivity contribution in [1.29, 1.82) is 0 Å². The van der Waals surface area contributed by atoms with E-state index in [0.717, 1.165) is 19.5 Å². The molecule has 1 aromatic carbocycles. The van der Waals surface area contributed by atoms with Crippen molar-refractivity contribution in [3.63, 3.8) is 0 Å². The molecule has 27 heavy (non-hydrogen) atoms. The highest BCUT2D eigenvalue weighted by Crippen LogP contribution is 2.49. The van der Waals surface area contributed by atoms with Crippen LogP contribution in [0, 0.1) is 0 Å². The van der Waals surface area contributed by atoms with Crippen LogP contribution in [0.1, 0.15) is 69.9 Å². The van der Waals surface area contributed by atoms with Crippen LogP contribution in [0.2, 0.25) is 18.1 Å². The van der Waals surface area contributed by atoms with Crippen molar-refractivity contribution >= 4 is 8.32 Å². The zero-order valence-corrected chi connectivity index (χ0v) is 19.0. The van der Waals surface area contributed by atoms with E-state index in [1.165, 1.54) is 31.2 Å². The monoisotopic (exact) mass is 389 g/mol. The van der Waals surface area contributed by atoms with Crippen molar-refractivity contribution in [2.75, 3.05) is 19.7 Å². The summed E-state index contributed by atoms with van der Waals surface area (Å²) < 4.78 is 6.28. The molecule has 1 saturated heterocycles. The average Bonchev–Trinajstić information content (AvgIpc) is 2.63. The van der Waals surface area contributed by atoms with E-state index in [-0.39, 0.29) is 11.1 Å². The van der Waals surface area contributed by atoms with Gasteiger partial charge in [-0.05, 0) is 85.8 Å². The molecular formula is C23H39NO2Si. The molecule has 0 bridgehead atoms.